The van der Waals surface area contributed by atoms with Crippen LogP contribution in [0.15, 0.2) is 41.5 Å². The van der Waals surface area contributed by atoms with E-state index in [0.29, 0.717) is 16.7 Å². The molecule has 188 valence electrons. The Balaban J connectivity index is 2.22. The number of aromatic nitrogens is 4. The van der Waals surface area contributed by atoms with Gasteiger partial charge in [0.25, 0.3) is 5.56 Å². The van der Waals surface area contributed by atoms with Crippen molar-refractivity contribution in [3.8, 4) is 11.8 Å². The third-order valence-electron chi connectivity index (χ3n) is 5.56. The molecule has 2 heterocycles. The number of nitriles is 1. The highest BCUT2D eigenvalue weighted by atomic mass is 16.6. The molecule has 2 atom stereocenters. The molecule has 1 N–H and O–H groups in total. The van der Waals surface area contributed by atoms with Crippen molar-refractivity contribution >= 4 is 12.1 Å². The number of methoxy groups -OCH3 is 1. The number of hydrogen-bond donors (Lipinski definition) is 1. The molecule has 0 saturated carbocycles. The molecule has 1 aromatic carbocycles. The zero-order valence-corrected chi connectivity index (χ0v) is 20.8. The predicted molar refractivity (Wildman–Crippen MR) is 128 cm³/mol. The van der Waals surface area contributed by atoms with Gasteiger partial charge in [-0.1, -0.05) is 25.1 Å². The maximum absolute atomic E-state index is 12.9. The Morgan fingerprint density at radius 3 is 2.47 bits per heavy atom. The summed E-state index contributed by atoms with van der Waals surface area (Å²) in [6.07, 6.45) is 2.28. The van der Waals surface area contributed by atoms with Gasteiger partial charge in [0.15, 0.2) is 5.69 Å². The molecule has 3 rings (SSSR count). The molecule has 2 aromatic heterocycles. The number of carboxylic acids is 1. The van der Waals surface area contributed by atoms with E-state index in [1.165, 1.54) is 31.1 Å². The summed E-state index contributed by atoms with van der Waals surface area (Å²) in [6.45, 7) is 6.96. The van der Waals surface area contributed by atoms with Gasteiger partial charge < -0.3 is 14.6 Å². The summed E-state index contributed by atoms with van der Waals surface area (Å²) in [5.74, 6) is -2.89. The van der Waals surface area contributed by atoms with E-state index >= 15 is 0 Å². The summed E-state index contributed by atoms with van der Waals surface area (Å²) in [7, 11) is 2.66. The molecular formula is C25H27N5O6. The summed E-state index contributed by atoms with van der Waals surface area (Å²) in [5.41, 5.74) is -0.405. The monoisotopic (exact) mass is 493 g/mol. The fourth-order valence-electron chi connectivity index (χ4n) is 4.00. The van der Waals surface area contributed by atoms with E-state index < -0.39 is 40.8 Å². The Morgan fingerprint density at radius 1 is 1.22 bits per heavy atom. The Bertz CT molecular complexity index is 1410. The van der Waals surface area contributed by atoms with Gasteiger partial charge in [-0.3, -0.25) is 9.36 Å². The molecule has 0 radical (unpaired) electrons. The third-order valence-corrected chi connectivity index (χ3v) is 5.56. The number of carbonyl (C=O) groups excluding carboxylic acids is 1. The van der Waals surface area contributed by atoms with E-state index in [1.54, 1.807) is 52.0 Å². The topological polar surface area (TPSA) is 149 Å². The van der Waals surface area contributed by atoms with Gasteiger partial charge in [0.1, 0.15) is 11.4 Å². The van der Waals surface area contributed by atoms with E-state index in [9.17, 15) is 24.8 Å². The van der Waals surface area contributed by atoms with Crippen molar-refractivity contribution in [3.63, 3.8) is 0 Å². The minimum Gasteiger partial charge on any atom is -0.489 e. The summed E-state index contributed by atoms with van der Waals surface area (Å²) in [4.78, 5) is 41.6. The maximum atomic E-state index is 12.9. The van der Waals surface area contributed by atoms with E-state index in [-0.39, 0.29) is 11.6 Å². The Labute approximate surface area is 207 Å². The number of carboxylic acid groups (broad SMARTS) is 1. The average Bonchev–Trinajstić information content (AvgIpc) is 3.29. The molecule has 0 amide bonds. The molecule has 0 spiro atoms. The molecular weight excluding hydrogens is 466 g/mol. The minimum absolute atomic E-state index is 0.154. The first-order valence-corrected chi connectivity index (χ1v) is 11.0. The quantitative estimate of drug-likeness (QED) is 0.546. The smallest absolute Gasteiger partial charge is 0.435 e. The molecule has 0 fully saturated rings. The lowest BCUT2D eigenvalue weighted by molar-refractivity contribution is 0.0513. The van der Waals surface area contributed by atoms with Crippen molar-refractivity contribution in [2.24, 2.45) is 7.05 Å². The van der Waals surface area contributed by atoms with Gasteiger partial charge in [-0.25, -0.2) is 14.6 Å². The summed E-state index contributed by atoms with van der Waals surface area (Å²) in [6, 6.07) is 9.05. The Hall–Kier alpha value is -4.46. The maximum Gasteiger partial charge on any atom is 0.435 e. The lowest BCUT2D eigenvalue weighted by Gasteiger charge is -2.26. The van der Waals surface area contributed by atoms with Gasteiger partial charge in [-0.2, -0.15) is 15.0 Å². The highest BCUT2D eigenvalue weighted by Crippen LogP contribution is 2.39. The van der Waals surface area contributed by atoms with Crippen LogP contribution in [0, 0.1) is 11.3 Å². The number of rotatable bonds is 6. The van der Waals surface area contributed by atoms with Crippen LogP contribution in [-0.4, -0.2) is 49.2 Å². The van der Waals surface area contributed by atoms with Crippen LogP contribution < -0.4 is 10.3 Å². The normalized spacial score (nSPS) is 12.9. The first kappa shape index (κ1) is 26.2. The van der Waals surface area contributed by atoms with Gasteiger partial charge in [0.2, 0.25) is 5.75 Å². The largest absolute Gasteiger partial charge is 0.489 e. The van der Waals surface area contributed by atoms with Crippen LogP contribution in [0.5, 0.6) is 5.75 Å². The number of aromatic carboxylic acids is 1. The van der Waals surface area contributed by atoms with Crippen molar-refractivity contribution < 1.29 is 24.2 Å². The van der Waals surface area contributed by atoms with Crippen LogP contribution in [0.1, 0.15) is 72.5 Å². The van der Waals surface area contributed by atoms with Crippen LogP contribution >= 0.6 is 0 Å². The predicted octanol–water partition coefficient (Wildman–Crippen LogP) is 3.27. The van der Waals surface area contributed by atoms with Crippen LogP contribution in [0.3, 0.4) is 0 Å². The van der Waals surface area contributed by atoms with Crippen molar-refractivity contribution in [2.45, 2.75) is 45.1 Å². The molecule has 0 bridgehead atoms. The van der Waals surface area contributed by atoms with E-state index in [4.69, 9.17) is 9.47 Å². The van der Waals surface area contributed by atoms with E-state index in [0.717, 1.165) is 4.68 Å². The van der Waals surface area contributed by atoms with E-state index in [1.807, 2.05) is 0 Å². The summed E-state index contributed by atoms with van der Waals surface area (Å²) >= 11 is 0. The van der Waals surface area contributed by atoms with Crippen molar-refractivity contribution in [3.05, 3.63) is 75.2 Å². The van der Waals surface area contributed by atoms with E-state index in [2.05, 4.69) is 16.2 Å². The van der Waals surface area contributed by atoms with Crippen LogP contribution in [0.2, 0.25) is 0 Å². The molecule has 36 heavy (non-hydrogen) atoms. The Kier molecular flexibility index (Phi) is 7.29. The first-order valence-electron chi connectivity index (χ1n) is 11.0. The number of carbonyl (C=O) groups is 2. The SMILES string of the molecule is COc1c(C(=O)O)nc(C(C)C(c2cnn(C(=O)OC(C)(C)C)c2)c2ccccc2C#N)n(C)c1=O. The summed E-state index contributed by atoms with van der Waals surface area (Å²) in [5, 5.41) is 23.5. The zero-order valence-electron chi connectivity index (χ0n) is 20.8. The number of benzene rings is 1. The van der Waals surface area contributed by atoms with Gasteiger partial charge in [-0.05, 0) is 38.0 Å². The third kappa shape index (κ3) is 5.12. The second-order valence-electron chi connectivity index (χ2n) is 9.19. The van der Waals surface area contributed by atoms with Crippen LogP contribution in [0.25, 0.3) is 0 Å². The van der Waals surface area contributed by atoms with Crippen LogP contribution in [0.4, 0.5) is 4.79 Å². The summed E-state index contributed by atoms with van der Waals surface area (Å²) < 4.78 is 12.7. The lowest BCUT2D eigenvalue weighted by Crippen LogP contribution is -2.29. The highest BCUT2D eigenvalue weighted by Gasteiger charge is 2.32. The molecule has 0 saturated heterocycles. The second-order valence-corrected chi connectivity index (χ2v) is 9.19. The highest BCUT2D eigenvalue weighted by molar-refractivity contribution is 5.88. The molecule has 2 unspecified atom stereocenters. The molecule has 3 aromatic rings. The second kappa shape index (κ2) is 10.0. The average molecular weight is 494 g/mol. The van der Waals surface area contributed by atoms with Crippen molar-refractivity contribution in [2.75, 3.05) is 7.11 Å². The number of ether oxygens (including phenoxy) is 2. The molecule has 11 heteroatoms. The Morgan fingerprint density at radius 2 is 1.89 bits per heavy atom. The lowest BCUT2D eigenvalue weighted by atomic mass is 9.80. The van der Waals surface area contributed by atoms with Crippen molar-refractivity contribution in [1.82, 2.24) is 19.3 Å². The number of hydrogen-bond acceptors (Lipinski definition) is 8. The van der Waals surface area contributed by atoms with Gasteiger partial charge in [0, 0.05) is 25.1 Å². The molecule has 0 aliphatic rings. The fourth-order valence-corrected chi connectivity index (χ4v) is 4.00. The minimum atomic E-state index is -1.41. The van der Waals surface area contributed by atoms with Gasteiger partial charge in [0.05, 0.1) is 24.9 Å². The van der Waals surface area contributed by atoms with Gasteiger partial charge in [-0.15, -0.1) is 0 Å². The zero-order chi connectivity index (χ0) is 26.8. The first-order chi connectivity index (χ1) is 16.9. The van der Waals surface area contributed by atoms with Crippen LogP contribution in [-0.2, 0) is 11.8 Å². The van der Waals surface area contributed by atoms with Gasteiger partial charge >= 0.3 is 12.1 Å². The van der Waals surface area contributed by atoms with Crippen molar-refractivity contribution in [1.29, 1.82) is 5.26 Å². The molecule has 11 nitrogen and oxygen atoms in total. The molecule has 0 aliphatic carbocycles. The fraction of sp³-hybridized carbons (Fsp3) is 0.360. The number of nitrogens with zero attached hydrogens (tertiary/aromatic N) is 5. The molecule has 0 aliphatic heterocycles. The standard InChI is InChI=1S/C25H27N5O6/c1-14(21-28-19(23(32)33)20(35-6)22(31)29(21)5)18(17-10-8-7-9-15(17)11-26)16-12-27-30(13-16)24(34)36-25(2,3)4/h7-10,12-14,18H,1-6H3,(H,32,33).